The highest BCUT2D eigenvalue weighted by Crippen LogP contribution is 2.26. The van der Waals surface area contributed by atoms with E-state index in [1.54, 1.807) is 6.07 Å². The number of fused-ring (bicyclic) bond motifs is 1. The van der Waals surface area contributed by atoms with Crippen molar-refractivity contribution in [2.45, 2.75) is 32.5 Å². The molecule has 10 heteroatoms. The van der Waals surface area contributed by atoms with Gasteiger partial charge in [0, 0.05) is 82.0 Å². The second-order valence-electron chi connectivity index (χ2n) is 9.46. The number of hydrogen-bond donors (Lipinski definition) is 2. The van der Waals surface area contributed by atoms with E-state index >= 15 is 0 Å². The number of aromatic nitrogens is 2. The number of nitrogens with zero attached hydrogens (tertiary/aromatic N) is 5. The number of morpholine rings is 1. The maximum Gasteiger partial charge on any atom is 0.227 e. The summed E-state index contributed by atoms with van der Waals surface area (Å²) in [7, 11) is 0. The molecule has 0 saturated carbocycles. The van der Waals surface area contributed by atoms with Gasteiger partial charge in [0.2, 0.25) is 5.95 Å². The summed E-state index contributed by atoms with van der Waals surface area (Å²) in [6.45, 7) is 13.0. The number of halogens is 2. The van der Waals surface area contributed by atoms with Crippen LogP contribution in [0.3, 0.4) is 0 Å². The molecule has 0 radical (unpaired) electrons. The summed E-state index contributed by atoms with van der Waals surface area (Å²) in [5.74, 6) is 1.29. The fraction of sp³-hybridized carbons (Fsp3) is 0.600. The number of likely N-dealkylation sites (N-methyl/N-ethyl adjacent to an activating group) is 1. The van der Waals surface area contributed by atoms with Crippen LogP contribution in [0.2, 0.25) is 5.02 Å². The molecule has 2 N–H and O–H groups in total. The Labute approximate surface area is 211 Å². The normalized spacial score (nSPS) is 21.7. The number of nitrogens with one attached hydrogen (secondary N) is 2. The third kappa shape index (κ3) is 5.86. The number of ether oxygens (including phenoxy) is 1. The molecule has 0 aliphatic carbocycles. The highest BCUT2D eigenvalue weighted by atomic mass is 35.5. The van der Waals surface area contributed by atoms with Crippen LogP contribution in [-0.2, 0) is 24.2 Å². The van der Waals surface area contributed by atoms with Crippen LogP contribution in [-0.4, -0.2) is 91.4 Å². The second-order valence-corrected chi connectivity index (χ2v) is 9.87. The van der Waals surface area contributed by atoms with E-state index in [0.717, 1.165) is 107 Å². The van der Waals surface area contributed by atoms with Crippen molar-refractivity contribution in [3.63, 3.8) is 0 Å². The molecule has 2 saturated heterocycles. The molecule has 5 rings (SSSR count). The Morgan fingerprint density at radius 3 is 2.86 bits per heavy atom. The molecule has 4 heterocycles. The van der Waals surface area contributed by atoms with Crippen molar-refractivity contribution in [3.05, 3.63) is 45.9 Å². The van der Waals surface area contributed by atoms with Crippen LogP contribution in [0.5, 0.6) is 0 Å². The topological polar surface area (TPSA) is 68.8 Å². The number of piperazine rings is 1. The van der Waals surface area contributed by atoms with Crippen molar-refractivity contribution in [1.29, 1.82) is 0 Å². The predicted molar refractivity (Wildman–Crippen MR) is 137 cm³/mol. The Hall–Kier alpha value is -2.04. The van der Waals surface area contributed by atoms with Crippen molar-refractivity contribution in [2.75, 3.05) is 75.8 Å². The average Bonchev–Trinajstić information content (AvgIpc) is 2.88. The van der Waals surface area contributed by atoms with Crippen LogP contribution < -0.4 is 15.5 Å². The van der Waals surface area contributed by atoms with Gasteiger partial charge in [0.25, 0.3) is 0 Å². The molecule has 0 spiro atoms. The molecule has 1 aromatic heterocycles. The molecule has 3 aliphatic rings. The molecule has 1 unspecified atom stereocenters. The van der Waals surface area contributed by atoms with Gasteiger partial charge in [-0.15, -0.1) is 0 Å². The van der Waals surface area contributed by atoms with Gasteiger partial charge in [0.05, 0.1) is 18.9 Å². The maximum atomic E-state index is 13.4. The van der Waals surface area contributed by atoms with Crippen LogP contribution >= 0.6 is 11.6 Å². The SMILES string of the molecule is CCN1CCOCC1CN1CCN(c2nc3c(c(NCc4ccc(F)cc4Cl)n2)CNCC3)CC1. The minimum Gasteiger partial charge on any atom is -0.378 e. The number of rotatable bonds is 7. The van der Waals surface area contributed by atoms with E-state index in [2.05, 4.69) is 32.3 Å². The van der Waals surface area contributed by atoms with Gasteiger partial charge in [-0.25, -0.2) is 9.37 Å². The molecule has 0 bridgehead atoms. The Kier molecular flexibility index (Phi) is 7.99. The van der Waals surface area contributed by atoms with E-state index < -0.39 is 0 Å². The monoisotopic (exact) mass is 503 g/mol. The minimum atomic E-state index is -0.331. The molecule has 8 nitrogen and oxygen atoms in total. The molecular formula is C25H35ClFN7O. The quantitative estimate of drug-likeness (QED) is 0.597. The van der Waals surface area contributed by atoms with Crippen LogP contribution in [0, 0.1) is 5.82 Å². The van der Waals surface area contributed by atoms with E-state index in [1.165, 1.54) is 12.1 Å². The molecular weight excluding hydrogens is 469 g/mol. The Morgan fingerprint density at radius 2 is 2.06 bits per heavy atom. The molecule has 1 aromatic carbocycles. The van der Waals surface area contributed by atoms with Crippen LogP contribution in [0.25, 0.3) is 0 Å². The Balaban J connectivity index is 1.26. The lowest BCUT2D eigenvalue weighted by Gasteiger charge is -2.41. The lowest BCUT2D eigenvalue weighted by Crippen LogP contribution is -2.55. The summed E-state index contributed by atoms with van der Waals surface area (Å²) in [5.41, 5.74) is 3.04. The second kappa shape index (κ2) is 11.3. The zero-order valence-corrected chi connectivity index (χ0v) is 21.2. The summed E-state index contributed by atoms with van der Waals surface area (Å²) >= 11 is 6.25. The third-order valence-corrected chi connectivity index (χ3v) is 7.61. The lowest BCUT2D eigenvalue weighted by atomic mass is 10.1. The van der Waals surface area contributed by atoms with Crippen LogP contribution in [0.15, 0.2) is 18.2 Å². The zero-order valence-electron chi connectivity index (χ0n) is 20.4. The van der Waals surface area contributed by atoms with E-state index in [0.29, 0.717) is 17.6 Å². The maximum absolute atomic E-state index is 13.4. The molecule has 2 aromatic rings. The van der Waals surface area contributed by atoms with Crippen molar-refractivity contribution >= 4 is 23.4 Å². The minimum absolute atomic E-state index is 0.331. The summed E-state index contributed by atoms with van der Waals surface area (Å²) < 4.78 is 19.2. The summed E-state index contributed by atoms with van der Waals surface area (Å²) in [4.78, 5) is 17.3. The number of anilines is 2. The van der Waals surface area contributed by atoms with Gasteiger partial charge in [-0.2, -0.15) is 4.98 Å². The van der Waals surface area contributed by atoms with Gasteiger partial charge in [-0.1, -0.05) is 24.6 Å². The highest BCUT2D eigenvalue weighted by molar-refractivity contribution is 6.31. The van der Waals surface area contributed by atoms with Gasteiger partial charge < -0.3 is 20.3 Å². The van der Waals surface area contributed by atoms with Crippen molar-refractivity contribution < 1.29 is 9.13 Å². The van der Waals surface area contributed by atoms with E-state index in [1.807, 2.05) is 0 Å². The summed E-state index contributed by atoms with van der Waals surface area (Å²) in [5, 5.41) is 7.29. The van der Waals surface area contributed by atoms with Crippen LogP contribution in [0.4, 0.5) is 16.2 Å². The average molecular weight is 504 g/mol. The third-order valence-electron chi connectivity index (χ3n) is 7.26. The fourth-order valence-corrected chi connectivity index (χ4v) is 5.40. The first-order valence-electron chi connectivity index (χ1n) is 12.7. The molecule has 2 fully saturated rings. The van der Waals surface area contributed by atoms with Gasteiger partial charge >= 0.3 is 0 Å². The Morgan fingerprint density at radius 1 is 1.20 bits per heavy atom. The highest BCUT2D eigenvalue weighted by Gasteiger charge is 2.27. The van der Waals surface area contributed by atoms with Gasteiger partial charge in [0.15, 0.2) is 0 Å². The largest absolute Gasteiger partial charge is 0.378 e. The van der Waals surface area contributed by atoms with Gasteiger partial charge in [0.1, 0.15) is 11.6 Å². The molecule has 3 aliphatic heterocycles. The van der Waals surface area contributed by atoms with Crippen molar-refractivity contribution in [1.82, 2.24) is 25.1 Å². The molecule has 190 valence electrons. The zero-order chi connectivity index (χ0) is 24.2. The van der Waals surface area contributed by atoms with E-state index in [-0.39, 0.29) is 5.82 Å². The predicted octanol–water partition coefficient (Wildman–Crippen LogP) is 2.37. The summed E-state index contributed by atoms with van der Waals surface area (Å²) in [6.07, 6.45) is 0.880. The standard InChI is InChI=1S/C25H35ClFN7O/c1-2-33-11-12-35-17-20(33)16-32-7-9-34(10-8-32)25-30-23-5-6-28-15-21(23)24(31-25)29-14-18-3-4-19(27)13-22(18)26/h3-4,13,20,28H,2,5-12,14-17H2,1H3,(H,29,30,31). The molecule has 0 amide bonds. The first-order valence-corrected chi connectivity index (χ1v) is 13.1. The first-order chi connectivity index (χ1) is 17.1. The summed E-state index contributed by atoms with van der Waals surface area (Å²) in [6, 6.07) is 4.97. The van der Waals surface area contributed by atoms with Crippen LogP contribution in [0.1, 0.15) is 23.7 Å². The first kappa shape index (κ1) is 24.6. The smallest absolute Gasteiger partial charge is 0.227 e. The van der Waals surface area contributed by atoms with E-state index in [9.17, 15) is 4.39 Å². The van der Waals surface area contributed by atoms with Crippen molar-refractivity contribution in [2.24, 2.45) is 0 Å². The molecule has 35 heavy (non-hydrogen) atoms. The number of hydrogen-bond acceptors (Lipinski definition) is 8. The lowest BCUT2D eigenvalue weighted by molar-refractivity contribution is -0.0179. The van der Waals surface area contributed by atoms with E-state index in [4.69, 9.17) is 26.3 Å². The van der Waals surface area contributed by atoms with Gasteiger partial charge in [-0.3, -0.25) is 9.80 Å². The fourth-order valence-electron chi connectivity index (χ4n) is 5.16. The number of benzene rings is 1. The van der Waals surface area contributed by atoms with Gasteiger partial charge in [-0.05, 0) is 24.2 Å². The van der Waals surface area contributed by atoms with Crippen molar-refractivity contribution in [3.8, 4) is 0 Å². The molecule has 1 atom stereocenters. The Bertz CT molecular complexity index is 1020.